The number of anilines is 1. The average molecular weight is 381 g/mol. The molecular formula is C15H22F3N3O3S. The molecule has 0 aliphatic carbocycles. The summed E-state index contributed by atoms with van der Waals surface area (Å²) < 4.78 is 38.2. The molecule has 0 amide bonds. The molecule has 0 spiro atoms. The maximum atomic E-state index is 12.7. The summed E-state index contributed by atoms with van der Waals surface area (Å²) in [7, 11) is 0. The lowest BCUT2D eigenvalue weighted by atomic mass is 9.95. The third-order valence-corrected chi connectivity index (χ3v) is 5.86. The first-order valence-electron chi connectivity index (χ1n) is 8.28. The number of thiazole rings is 1. The van der Waals surface area contributed by atoms with Crippen molar-refractivity contribution >= 4 is 16.5 Å². The second kappa shape index (κ2) is 7.36. The molecule has 0 bridgehead atoms. The van der Waals surface area contributed by atoms with Gasteiger partial charge in [-0.2, -0.15) is 13.2 Å². The first kappa shape index (κ1) is 18.8. The summed E-state index contributed by atoms with van der Waals surface area (Å²) in [5.74, 6) is 0.210. The molecule has 10 heteroatoms. The third kappa shape index (κ3) is 4.43. The highest BCUT2D eigenvalue weighted by Crippen LogP contribution is 2.37. The Labute approximate surface area is 147 Å². The Bertz CT molecular complexity index is 574. The van der Waals surface area contributed by atoms with Crippen molar-refractivity contribution in [3.05, 3.63) is 11.1 Å². The van der Waals surface area contributed by atoms with Gasteiger partial charge in [-0.25, -0.2) is 4.98 Å². The van der Waals surface area contributed by atoms with Crippen molar-refractivity contribution in [3.8, 4) is 0 Å². The summed E-state index contributed by atoms with van der Waals surface area (Å²) in [5, 5.41) is 29.5. The molecule has 1 aromatic rings. The Hall–Kier alpha value is -0.940. The van der Waals surface area contributed by atoms with Crippen LogP contribution in [0.4, 0.5) is 18.3 Å². The van der Waals surface area contributed by atoms with E-state index in [9.17, 15) is 28.5 Å². The van der Waals surface area contributed by atoms with Gasteiger partial charge in [0.05, 0.1) is 18.4 Å². The fourth-order valence-corrected chi connectivity index (χ4v) is 4.34. The lowest BCUT2D eigenvalue weighted by Crippen LogP contribution is -2.56. The van der Waals surface area contributed by atoms with Gasteiger partial charge in [0, 0.05) is 32.7 Å². The fourth-order valence-electron chi connectivity index (χ4n) is 3.52. The molecule has 142 valence electrons. The Kier molecular flexibility index (Phi) is 5.54. The van der Waals surface area contributed by atoms with E-state index in [-0.39, 0.29) is 19.0 Å². The van der Waals surface area contributed by atoms with Crippen LogP contribution in [0.3, 0.4) is 0 Å². The SMILES string of the molecule is O[C@H]1[C@H](O)CN(C[C@H]2CCCN(c3ncc(C(F)(F)F)s3)C2)C[C@@H]1O. The Morgan fingerprint density at radius 1 is 1.16 bits per heavy atom. The predicted octanol–water partition coefficient (Wildman–Crippen LogP) is 0.777. The molecule has 3 heterocycles. The van der Waals surface area contributed by atoms with Crippen LogP contribution in [0.25, 0.3) is 0 Å². The van der Waals surface area contributed by atoms with Crippen LogP contribution in [-0.4, -0.2) is 76.2 Å². The molecule has 3 rings (SSSR count). The van der Waals surface area contributed by atoms with Crippen molar-refractivity contribution in [1.82, 2.24) is 9.88 Å². The van der Waals surface area contributed by atoms with Crippen LogP contribution in [0, 0.1) is 5.92 Å². The molecule has 0 unspecified atom stereocenters. The zero-order valence-corrected chi connectivity index (χ0v) is 14.4. The molecule has 2 saturated heterocycles. The van der Waals surface area contributed by atoms with E-state index < -0.39 is 29.4 Å². The lowest BCUT2D eigenvalue weighted by molar-refractivity contribution is -0.134. The predicted molar refractivity (Wildman–Crippen MR) is 86.5 cm³/mol. The number of alkyl halides is 3. The van der Waals surface area contributed by atoms with E-state index in [1.807, 2.05) is 9.80 Å². The van der Waals surface area contributed by atoms with E-state index in [2.05, 4.69) is 4.98 Å². The molecule has 1 aromatic heterocycles. The Morgan fingerprint density at radius 3 is 2.44 bits per heavy atom. The summed E-state index contributed by atoms with van der Waals surface area (Å²) >= 11 is 0.659. The van der Waals surface area contributed by atoms with Crippen molar-refractivity contribution in [1.29, 1.82) is 0 Å². The minimum atomic E-state index is -4.37. The van der Waals surface area contributed by atoms with Crippen LogP contribution < -0.4 is 4.90 Å². The van der Waals surface area contributed by atoms with E-state index in [1.54, 1.807) is 0 Å². The van der Waals surface area contributed by atoms with Gasteiger partial charge in [-0.05, 0) is 18.8 Å². The molecule has 2 fully saturated rings. The van der Waals surface area contributed by atoms with Crippen molar-refractivity contribution in [2.24, 2.45) is 5.92 Å². The topological polar surface area (TPSA) is 80.1 Å². The van der Waals surface area contributed by atoms with Crippen LogP contribution in [0.5, 0.6) is 0 Å². The quantitative estimate of drug-likeness (QED) is 0.718. The maximum absolute atomic E-state index is 12.7. The number of hydrogen-bond donors (Lipinski definition) is 3. The number of halogens is 3. The minimum Gasteiger partial charge on any atom is -0.389 e. The van der Waals surface area contributed by atoms with Crippen LogP contribution in [-0.2, 0) is 6.18 Å². The normalized spacial score (nSPS) is 32.2. The molecule has 6 nitrogen and oxygen atoms in total. The number of aromatic nitrogens is 1. The molecule has 2 aliphatic rings. The Morgan fingerprint density at radius 2 is 1.84 bits per heavy atom. The van der Waals surface area contributed by atoms with Crippen LogP contribution >= 0.6 is 11.3 Å². The molecule has 2 aliphatic heterocycles. The summed E-state index contributed by atoms with van der Waals surface area (Å²) in [6.45, 7) is 2.45. The molecule has 0 aromatic carbocycles. The largest absolute Gasteiger partial charge is 0.427 e. The lowest BCUT2D eigenvalue weighted by Gasteiger charge is -2.40. The number of rotatable bonds is 3. The number of piperidine rings is 2. The van der Waals surface area contributed by atoms with Crippen molar-refractivity contribution in [2.75, 3.05) is 37.6 Å². The molecule has 0 radical (unpaired) electrons. The van der Waals surface area contributed by atoms with E-state index in [1.165, 1.54) is 0 Å². The monoisotopic (exact) mass is 381 g/mol. The number of β-amino-alcohol motifs (C(OH)–C–C–N with tert-alkyl or cyclic N) is 2. The first-order valence-corrected chi connectivity index (χ1v) is 9.10. The van der Waals surface area contributed by atoms with Crippen LogP contribution in [0.2, 0.25) is 0 Å². The first-order chi connectivity index (χ1) is 11.7. The number of aliphatic hydroxyl groups is 3. The molecule has 3 N–H and O–H groups in total. The standard InChI is InChI=1S/C15H22F3N3O3S/c16-15(17,18)12-4-19-14(25-12)21-3-1-2-9(6-21)5-20-7-10(22)13(24)11(23)8-20/h4,9-11,13,22-24H,1-3,5-8H2/t9-,10-,11+,13+/m1/s1. The average Bonchev–Trinajstić information content (AvgIpc) is 3.03. The highest BCUT2D eigenvalue weighted by Gasteiger charge is 2.36. The van der Waals surface area contributed by atoms with Crippen LogP contribution in [0.1, 0.15) is 17.7 Å². The minimum absolute atomic E-state index is 0.210. The van der Waals surface area contributed by atoms with E-state index in [0.717, 1.165) is 19.0 Å². The summed E-state index contributed by atoms with van der Waals surface area (Å²) in [5.41, 5.74) is 0. The Balaban J connectivity index is 1.59. The fraction of sp³-hybridized carbons (Fsp3) is 0.800. The zero-order chi connectivity index (χ0) is 18.2. The van der Waals surface area contributed by atoms with E-state index >= 15 is 0 Å². The van der Waals surface area contributed by atoms with Gasteiger partial charge in [-0.15, -0.1) is 0 Å². The van der Waals surface area contributed by atoms with Crippen molar-refractivity contribution < 1.29 is 28.5 Å². The van der Waals surface area contributed by atoms with Gasteiger partial charge in [0.25, 0.3) is 0 Å². The van der Waals surface area contributed by atoms with Crippen LogP contribution in [0.15, 0.2) is 6.20 Å². The van der Waals surface area contributed by atoms with E-state index in [0.29, 0.717) is 36.1 Å². The second-order valence-corrected chi connectivity index (χ2v) is 7.81. The zero-order valence-electron chi connectivity index (χ0n) is 13.6. The van der Waals surface area contributed by atoms with Gasteiger partial charge in [-0.1, -0.05) is 11.3 Å². The highest BCUT2D eigenvalue weighted by molar-refractivity contribution is 7.15. The number of nitrogens with zero attached hydrogens (tertiary/aromatic N) is 3. The number of hydrogen-bond acceptors (Lipinski definition) is 7. The number of aliphatic hydroxyl groups excluding tert-OH is 3. The molecular weight excluding hydrogens is 359 g/mol. The van der Waals surface area contributed by atoms with Gasteiger partial charge in [0.15, 0.2) is 5.13 Å². The molecule has 25 heavy (non-hydrogen) atoms. The van der Waals surface area contributed by atoms with Crippen molar-refractivity contribution in [2.45, 2.75) is 37.3 Å². The highest BCUT2D eigenvalue weighted by atomic mass is 32.1. The molecule has 0 saturated carbocycles. The summed E-state index contributed by atoms with van der Waals surface area (Å²) in [4.78, 5) is 7.00. The van der Waals surface area contributed by atoms with Gasteiger partial charge in [0.1, 0.15) is 11.0 Å². The second-order valence-electron chi connectivity index (χ2n) is 6.80. The third-order valence-electron chi connectivity index (χ3n) is 4.76. The number of likely N-dealkylation sites (tertiary alicyclic amines) is 1. The van der Waals surface area contributed by atoms with Gasteiger partial charge in [0.2, 0.25) is 0 Å². The maximum Gasteiger partial charge on any atom is 0.427 e. The van der Waals surface area contributed by atoms with Gasteiger partial charge in [-0.3, -0.25) is 4.90 Å². The van der Waals surface area contributed by atoms with E-state index in [4.69, 9.17) is 0 Å². The van der Waals surface area contributed by atoms with Gasteiger partial charge < -0.3 is 20.2 Å². The summed E-state index contributed by atoms with van der Waals surface area (Å²) in [6.07, 6.45) is -4.82. The van der Waals surface area contributed by atoms with Crippen molar-refractivity contribution in [3.63, 3.8) is 0 Å². The van der Waals surface area contributed by atoms with Gasteiger partial charge >= 0.3 is 6.18 Å². The summed E-state index contributed by atoms with van der Waals surface area (Å²) in [6, 6.07) is 0. The smallest absolute Gasteiger partial charge is 0.389 e. The molecule has 4 atom stereocenters.